The normalized spacial score (nSPS) is 7.79. The topological polar surface area (TPSA) is 20.3 Å². The molecule has 0 aliphatic rings. The maximum absolute atomic E-state index is 9.43. The van der Waals surface area contributed by atoms with Gasteiger partial charge in [0.15, 0.2) is 0 Å². The molecule has 2 nitrogen and oxygen atoms in total. The second-order valence-electron chi connectivity index (χ2n) is 4.15. The lowest BCUT2D eigenvalue weighted by atomic mass is 10.1. The summed E-state index contributed by atoms with van der Waals surface area (Å²) in [5, 5.41) is 0. The van der Waals surface area contributed by atoms with Crippen molar-refractivity contribution in [1.82, 2.24) is 4.90 Å². The van der Waals surface area contributed by atoms with Crippen LogP contribution in [-0.2, 0) is 4.79 Å². The Kier molecular flexibility index (Phi) is 26.3. The van der Waals surface area contributed by atoms with Crippen molar-refractivity contribution in [3.8, 4) is 0 Å². The van der Waals surface area contributed by atoms with Gasteiger partial charge in [-0.2, -0.15) is 0 Å². The van der Waals surface area contributed by atoms with Crippen LogP contribution in [-0.4, -0.2) is 25.4 Å². The summed E-state index contributed by atoms with van der Waals surface area (Å²) in [5.41, 5.74) is 0. The summed E-state index contributed by atoms with van der Waals surface area (Å²) in [4.78, 5) is 10.9. The predicted molar refractivity (Wildman–Crippen MR) is 87.3 cm³/mol. The van der Waals surface area contributed by atoms with Crippen molar-refractivity contribution in [2.75, 3.05) is 14.1 Å². The molecule has 2 heteroatoms. The van der Waals surface area contributed by atoms with Crippen molar-refractivity contribution in [2.45, 2.75) is 47.5 Å². The summed E-state index contributed by atoms with van der Waals surface area (Å²) >= 11 is 0. The van der Waals surface area contributed by atoms with Gasteiger partial charge in [-0.25, -0.2) is 0 Å². The largest absolute Gasteiger partial charge is 0.351 e. The fourth-order valence-electron chi connectivity index (χ4n) is 0.674. The fraction of sp³-hybridized carbons (Fsp3) is 0.588. The number of benzene rings is 1. The molecular formula is C17H33NO. The zero-order chi connectivity index (χ0) is 15.5. The maximum atomic E-state index is 9.43. The van der Waals surface area contributed by atoms with E-state index < -0.39 is 0 Å². The maximum Gasteiger partial charge on any atom is 0.209 e. The Morgan fingerprint density at radius 1 is 0.895 bits per heavy atom. The van der Waals surface area contributed by atoms with Crippen molar-refractivity contribution >= 4 is 6.41 Å². The van der Waals surface area contributed by atoms with Gasteiger partial charge in [0.1, 0.15) is 0 Å². The lowest BCUT2D eigenvalue weighted by molar-refractivity contribution is -0.115. The Bertz CT molecular complexity index is 204. The number of amides is 1. The van der Waals surface area contributed by atoms with Gasteiger partial charge in [0.25, 0.3) is 0 Å². The zero-order valence-corrected chi connectivity index (χ0v) is 13.9. The van der Waals surface area contributed by atoms with E-state index in [0.29, 0.717) is 0 Å². The average Bonchev–Trinajstić information content (AvgIpc) is 2.51. The van der Waals surface area contributed by atoms with E-state index in [1.54, 1.807) is 14.1 Å². The molecule has 1 aromatic rings. The minimum absolute atomic E-state index is 0.750. The first-order valence-electron chi connectivity index (χ1n) is 7.20. The van der Waals surface area contributed by atoms with Crippen LogP contribution in [0.2, 0.25) is 0 Å². The highest BCUT2D eigenvalue weighted by molar-refractivity contribution is 5.45. The third-order valence-corrected chi connectivity index (χ3v) is 2.27. The summed E-state index contributed by atoms with van der Waals surface area (Å²) in [5.74, 6) is 0.935. The molecule has 0 fully saturated rings. The molecule has 0 saturated heterocycles. The highest BCUT2D eigenvalue weighted by Gasteiger charge is 1.88. The molecular weight excluding hydrogens is 234 g/mol. The van der Waals surface area contributed by atoms with Gasteiger partial charge in [0, 0.05) is 14.1 Å². The monoisotopic (exact) mass is 267 g/mol. The Morgan fingerprint density at radius 2 is 1.11 bits per heavy atom. The summed E-state index contributed by atoms with van der Waals surface area (Å²) < 4.78 is 0. The number of carbonyl (C=O) groups excluding carboxylic acids is 1. The third kappa shape index (κ3) is 31.5. The van der Waals surface area contributed by atoms with Crippen LogP contribution in [0.3, 0.4) is 0 Å². The van der Waals surface area contributed by atoms with Crippen LogP contribution in [0.25, 0.3) is 0 Å². The molecule has 112 valence electrons. The van der Waals surface area contributed by atoms with E-state index in [-0.39, 0.29) is 0 Å². The van der Waals surface area contributed by atoms with Crippen LogP contribution in [0, 0.1) is 5.92 Å². The van der Waals surface area contributed by atoms with Crippen LogP contribution in [0.1, 0.15) is 47.5 Å². The number of hydrogen-bond acceptors (Lipinski definition) is 1. The molecule has 0 unspecified atom stereocenters. The van der Waals surface area contributed by atoms with Crippen LogP contribution >= 0.6 is 0 Å². The minimum atomic E-state index is 0.750. The second-order valence-corrected chi connectivity index (χ2v) is 4.15. The molecule has 1 aromatic carbocycles. The lowest BCUT2D eigenvalue weighted by Gasteiger charge is -1.98. The molecule has 1 amide bonds. The van der Waals surface area contributed by atoms with E-state index in [1.165, 1.54) is 17.7 Å². The van der Waals surface area contributed by atoms with E-state index in [4.69, 9.17) is 0 Å². The van der Waals surface area contributed by atoms with Gasteiger partial charge < -0.3 is 4.90 Å². The first kappa shape index (κ1) is 22.8. The van der Waals surface area contributed by atoms with E-state index in [9.17, 15) is 4.79 Å². The first-order chi connectivity index (χ1) is 9.08. The van der Waals surface area contributed by atoms with Gasteiger partial charge in [0.05, 0.1) is 0 Å². The molecule has 0 aromatic heterocycles. The molecule has 0 heterocycles. The molecule has 0 N–H and O–H groups in total. The highest BCUT2D eigenvalue weighted by Crippen LogP contribution is 2.02. The second kappa shape index (κ2) is 21.9. The molecule has 1 rings (SSSR count). The molecule has 0 spiro atoms. The zero-order valence-electron chi connectivity index (χ0n) is 13.9. The summed E-state index contributed by atoms with van der Waals surface area (Å²) in [6.45, 7) is 10.7. The van der Waals surface area contributed by atoms with Gasteiger partial charge in [-0.05, 0) is 5.92 Å². The lowest BCUT2D eigenvalue weighted by Crippen LogP contribution is -2.06. The number of hydrogen-bond donors (Lipinski definition) is 0. The van der Waals surface area contributed by atoms with Crippen LogP contribution in [0.4, 0.5) is 0 Å². The number of carbonyl (C=O) groups is 1. The predicted octanol–water partition coefficient (Wildman–Crippen LogP) is 4.86. The van der Waals surface area contributed by atoms with Gasteiger partial charge in [-0.1, -0.05) is 83.9 Å². The molecule has 0 atom stereocenters. The van der Waals surface area contributed by atoms with Gasteiger partial charge >= 0.3 is 0 Å². The fourth-order valence-corrected chi connectivity index (χ4v) is 0.674. The van der Waals surface area contributed by atoms with Gasteiger partial charge in [-0.3, -0.25) is 4.79 Å². The molecule has 0 saturated carbocycles. The minimum Gasteiger partial charge on any atom is -0.351 e. The van der Waals surface area contributed by atoms with Crippen LogP contribution in [0.15, 0.2) is 36.4 Å². The van der Waals surface area contributed by atoms with Crippen molar-refractivity contribution in [3.05, 3.63) is 36.4 Å². The molecule has 0 aliphatic heterocycles. The van der Waals surface area contributed by atoms with Crippen molar-refractivity contribution in [2.24, 2.45) is 5.92 Å². The first-order valence-corrected chi connectivity index (χ1v) is 7.20. The van der Waals surface area contributed by atoms with Crippen molar-refractivity contribution in [1.29, 1.82) is 0 Å². The Balaban J connectivity index is -0.000000191. The SMILES string of the molecule is CC.CCC(C)CC.CN(C)C=O.c1ccccc1. The van der Waals surface area contributed by atoms with E-state index in [2.05, 4.69) is 20.8 Å². The summed E-state index contributed by atoms with van der Waals surface area (Å²) in [6, 6.07) is 12.0. The molecule has 0 aliphatic carbocycles. The molecule has 0 bridgehead atoms. The Hall–Kier alpha value is -1.31. The van der Waals surface area contributed by atoms with E-state index in [0.717, 1.165) is 12.3 Å². The quantitative estimate of drug-likeness (QED) is 0.716. The van der Waals surface area contributed by atoms with Gasteiger partial charge in [-0.15, -0.1) is 0 Å². The van der Waals surface area contributed by atoms with Crippen molar-refractivity contribution in [3.63, 3.8) is 0 Å². The summed E-state index contributed by atoms with van der Waals surface area (Å²) in [6.07, 6.45) is 3.41. The standard InChI is InChI=1S/C6H6.C6H14.C3H7NO.C2H6/c1-2-4-6-5-3-1;1-4-6(3)5-2;1-4(2)3-5;1-2/h1-6H;6H,4-5H2,1-3H3;3H,1-2H3;1-2H3. The Labute approximate surface area is 120 Å². The van der Waals surface area contributed by atoms with E-state index in [1.807, 2.05) is 50.2 Å². The number of nitrogens with zero attached hydrogens (tertiary/aromatic N) is 1. The average molecular weight is 267 g/mol. The highest BCUT2D eigenvalue weighted by atomic mass is 16.1. The van der Waals surface area contributed by atoms with Crippen LogP contribution < -0.4 is 0 Å². The Morgan fingerprint density at radius 3 is 1.16 bits per heavy atom. The smallest absolute Gasteiger partial charge is 0.209 e. The summed E-state index contributed by atoms with van der Waals surface area (Å²) in [7, 11) is 3.38. The molecule has 19 heavy (non-hydrogen) atoms. The molecule has 0 radical (unpaired) electrons. The van der Waals surface area contributed by atoms with Crippen molar-refractivity contribution < 1.29 is 4.79 Å². The van der Waals surface area contributed by atoms with Gasteiger partial charge in [0.2, 0.25) is 6.41 Å². The van der Waals surface area contributed by atoms with Crippen LogP contribution in [0.5, 0.6) is 0 Å². The van der Waals surface area contributed by atoms with E-state index >= 15 is 0 Å². The third-order valence-electron chi connectivity index (χ3n) is 2.27. The number of rotatable bonds is 3.